The van der Waals surface area contributed by atoms with Crippen LogP contribution < -0.4 is 0 Å². The maximum Gasteiger partial charge on any atom is 0.240 e. The molecule has 0 aromatic heterocycles. The maximum atomic E-state index is 10.1. The van der Waals surface area contributed by atoms with Gasteiger partial charge in [0.15, 0.2) is 0 Å². The Morgan fingerprint density at radius 3 is 3.00 bits per heavy atom. The molecule has 3 heteroatoms. The van der Waals surface area contributed by atoms with E-state index in [1.807, 2.05) is 0 Å². The second-order valence-corrected chi connectivity index (χ2v) is 2.24. The molecular formula is C9H7NO2. The van der Waals surface area contributed by atoms with Gasteiger partial charge in [-0.25, -0.2) is 4.79 Å². The summed E-state index contributed by atoms with van der Waals surface area (Å²) in [7, 11) is 0. The highest BCUT2D eigenvalue weighted by molar-refractivity contribution is 5.57. The lowest BCUT2D eigenvalue weighted by molar-refractivity contribution is -0.107. The molecule has 1 rings (SSSR count). The summed E-state index contributed by atoms with van der Waals surface area (Å²) in [5.74, 6) is 0. The molecule has 0 amide bonds. The quantitative estimate of drug-likeness (QED) is 0.382. The third-order valence-corrected chi connectivity index (χ3v) is 1.40. The lowest BCUT2D eigenvalue weighted by atomic mass is 10.1. The van der Waals surface area contributed by atoms with Gasteiger partial charge in [-0.2, -0.15) is 4.99 Å². The average molecular weight is 161 g/mol. The Labute approximate surface area is 69.7 Å². The highest BCUT2D eigenvalue weighted by atomic mass is 16.1. The van der Waals surface area contributed by atoms with Crippen LogP contribution in [0.25, 0.3) is 0 Å². The molecule has 3 nitrogen and oxygen atoms in total. The van der Waals surface area contributed by atoms with Crippen LogP contribution in [0.2, 0.25) is 0 Å². The molecule has 0 radical (unpaired) electrons. The predicted octanol–water partition coefficient (Wildman–Crippen LogP) is 1.40. The Balaban J connectivity index is 2.94. The molecule has 0 heterocycles. The van der Waals surface area contributed by atoms with E-state index in [0.29, 0.717) is 12.1 Å². The fraction of sp³-hybridized carbons (Fsp3) is 0.111. The van der Waals surface area contributed by atoms with Crippen molar-refractivity contribution >= 4 is 18.1 Å². The molecule has 1 aromatic carbocycles. The summed E-state index contributed by atoms with van der Waals surface area (Å²) >= 11 is 0. The molecule has 12 heavy (non-hydrogen) atoms. The molecule has 0 spiro atoms. The van der Waals surface area contributed by atoms with Crippen LogP contribution in [-0.4, -0.2) is 12.4 Å². The summed E-state index contributed by atoms with van der Waals surface area (Å²) < 4.78 is 0. The fourth-order valence-electron chi connectivity index (χ4n) is 0.902. The Morgan fingerprint density at radius 1 is 1.50 bits per heavy atom. The van der Waals surface area contributed by atoms with Crippen LogP contribution in [0.15, 0.2) is 29.3 Å². The van der Waals surface area contributed by atoms with Crippen LogP contribution in [0.4, 0.5) is 5.69 Å². The lowest BCUT2D eigenvalue weighted by Crippen LogP contribution is -1.83. The molecule has 0 aliphatic carbocycles. The van der Waals surface area contributed by atoms with E-state index in [9.17, 15) is 9.59 Å². The van der Waals surface area contributed by atoms with E-state index >= 15 is 0 Å². The Kier molecular flexibility index (Phi) is 2.94. The Bertz CT molecular complexity index is 327. The number of carbonyl (C=O) groups is 1. The van der Waals surface area contributed by atoms with E-state index < -0.39 is 0 Å². The molecule has 0 N–H and O–H groups in total. The number of rotatable bonds is 3. The minimum atomic E-state index is 0.349. The number of aliphatic imine (C=N–C) groups is 1. The van der Waals surface area contributed by atoms with Gasteiger partial charge in [0.25, 0.3) is 0 Å². The molecule has 0 unspecified atom stereocenters. The summed E-state index contributed by atoms with van der Waals surface area (Å²) in [6.45, 7) is 0. The zero-order valence-electron chi connectivity index (χ0n) is 6.36. The summed E-state index contributed by atoms with van der Waals surface area (Å²) in [5, 5.41) is 0. The number of hydrogen-bond acceptors (Lipinski definition) is 3. The topological polar surface area (TPSA) is 46.5 Å². The van der Waals surface area contributed by atoms with Gasteiger partial charge in [-0.15, -0.1) is 0 Å². The molecule has 0 bridgehead atoms. The van der Waals surface area contributed by atoms with E-state index in [0.717, 1.165) is 11.8 Å². The van der Waals surface area contributed by atoms with Gasteiger partial charge >= 0.3 is 0 Å². The van der Waals surface area contributed by atoms with Crippen molar-refractivity contribution in [2.75, 3.05) is 0 Å². The van der Waals surface area contributed by atoms with Gasteiger partial charge in [0.05, 0.1) is 5.69 Å². The van der Waals surface area contributed by atoms with Gasteiger partial charge in [0.2, 0.25) is 6.08 Å². The zero-order chi connectivity index (χ0) is 8.81. The molecule has 0 aliphatic heterocycles. The number of benzene rings is 1. The van der Waals surface area contributed by atoms with Crippen LogP contribution in [0.3, 0.4) is 0 Å². The molecule has 60 valence electrons. The van der Waals surface area contributed by atoms with E-state index in [4.69, 9.17) is 0 Å². The minimum Gasteiger partial charge on any atom is -0.303 e. The van der Waals surface area contributed by atoms with Crippen molar-refractivity contribution in [1.29, 1.82) is 0 Å². The van der Waals surface area contributed by atoms with Crippen LogP contribution in [-0.2, 0) is 16.0 Å². The summed E-state index contributed by atoms with van der Waals surface area (Å²) in [4.78, 5) is 23.4. The van der Waals surface area contributed by atoms with Crippen molar-refractivity contribution in [2.24, 2.45) is 4.99 Å². The van der Waals surface area contributed by atoms with Crippen molar-refractivity contribution < 1.29 is 9.59 Å². The largest absolute Gasteiger partial charge is 0.303 e. The van der Waals surface area contributed by atoms with Crippen molar-refractivity contribution in [3.05, 3.63) is 29.8 Å². The average Bonchev–Trinajstić information content (AvgIpc) is 2.06. The first-order valence-corrected chi connectivity index (χ1v) is 3.47. The van der Waals surface area contributed by atoms with Crippen molar-refractivity contribution in [2.45, 2.75) is 6.42 Å². The number of nitrogens with zero attached hydrogens (tertiary/aromatic N) is 1. The maximum absolute atomic E-state index is 10.1. The van der Waals surface area contributed by atoms with Gasteiger partial charge in [-0.3, -0.25) is 0 Å². The molecule has 0 fully saturated rings. The molecule has 0 saturated carbocycles. The number of isocyanates is 1. The first-order valence-electron chi connectivity index (χ1n) is 3.47. The predicted molar refractivity (Wildman–Crippen MR) is 44.0 cm³/mol. The molecule has 0 aliphatic rings. The zero-order valence-corrected chi connectivity index (χ0v) is 6.36. The summed E-state index contributed by atoms with van der Waals surface area (Å²) in [6, 6.07) is 6.91. The highest BCUT2D eigenvalue weighted by Gasteiger charge is 1.92. The van der Waals surface area contributed by atoms with Crippen LogP contribution in [0, 0.1) is 0 Å². The van der Waals surface area contributed by atoms with Gasteiger partial charge in [-0.05, 0) is 17.7 Å². The molecule has 0 atom stereocenters. The van der Waals surface area contributed by atoms with Crippen molar-refractivity contribution in [1.82, 2.24) is 0 Å². The molecular weight excluding hydrogens is 154 g/mol. The Hall–Kier alpha value is -1.73. The highest BCUT2D eigenvalue weighted by Crippen LogP contribution is 2.12. The molecule has 1 aromatic rings. The van der Waals surface area contributed by atoms with E-state index in [2.05, 4.69) is 4.99 Å². The minimum absolute atomic E-state index is 0.349. The number of aldehydes is 1. The first-order chi connectivity index (χ1) is 5.86. The van der Waals surface area contributed by atoms with Gasteiger partial charge in [-0.1, -0.05) is 12.1 Å². The normalized spacial score (nSPS) is 8.67. The third-order valence-electron chi connectivity index (χ3n) is 1.40. The van der Waals surface area contributed by atoms with Crippen LogP contribution in [0.5, 0.6) is 0 Å². The SMILES string of the molecule is O=C=Nc1cccc(CC=O)c1. The van der Waals surface area contributed by atoms with Crippen molar-refractivity contribution in [3.63, 3.8) is 0 Å². The van der Waals surface area contributed by atoms with Crippen molar-refractivity contribution in [3.8, 4) is 0 Å². The second-order valence-electron chi connectivity index (χ2n) is 2.24. The van der Waals surface area contributed by atoms with Crippen LogP contribution >= 0.6 is 0 Å². The lowest BCUT2D eigenvalue weighted by Gasteiger charge is -1.94. The number of carbonyl (C=O) groups excluding carboxylic acids is 2. The first kappa shape index (κ1) is 8.37. The van der Waals surface area contributed by atoms with E-state index in [1.165, 1.54) is 6.08 Å². The summed E-state index contributed by atoms with van der Waals surface area (Å²) in [5.41, 5.74) is 1.38. The molecule has 0 saturated heterocycles. The van der Waals surface area contributed by atoms with Gasteiger partial charge in [0, 0.05) is 6.42 Å². The Morgan fingerprint density at radius 2 is 2.33 bits per heavy atom. The van der Waals surface area contributed by atoms with E-state index in [1.54, 1.807) is 24.3 Å². The van der Waals surface area contributed by atoms with E-state index in [-0.39, 0.29) is 0 Å². The summed E-state index contributed by atoms with van der Waals surface area (Å²) in [6.07, 6.45) is 2.60. The van der Waals surface area contributed by atoms with Gasteiger partial charge < -0.3 is 4.79 Å². The standard InChI is InChI=1S/C9H7NO2/c11-5-4-8-2-1-3-9(6-8)10-7-12/h1-3,5-6H,4H2. The fourth-order valence-corrected chi connectivity index (χ4v) is 0.902. The monoisotopic (exact) mass is 161 g/mol. The second kappa shape index (κ2) is 4.21. The number of hydrogen-bond donors (Lipinski definition) is 0. The van der Waals surface area contributed by atoms with Crippen LogP contribution in [0.1, 0.15) is 5.56 Å². The third kappa shape index (κ3) is 2.15. The smallest absolute Gasteiger partial charge is 0.240 e. The van der Waals surface area contributed by atoms with Gasteiger partial charge in [0.1, 0.15) is 6.29 Å².